The zero-order valence-electron chi connectivity index (χ0n) is 9.54. The number of carbonyl (C=O) groups is 1. The maximum absolute atomic E-state index is 11.9. The third kappa shape index (κ3) is 3.34. The molecule has 2 heterocycles. The van der Waals surface area contributed by atoms with Gasteiger partial charge in [-0.25, -0.2) is 4.98 Å². The molecule has 0 saturated carbocycles. The van der Waals surface area contributed by atoms with Crippen LogP contribution in [0.4, 0.5) is 0 Å². The number of hydrogen-bond donors (Lipinski definition) is 0. The highest BCUT2D eigenvalue weighted by atomic mass is 32.1. The fourth-order valence-corrected chi connectivity index (χ4v) is 2.02. The number of morpholine rings is 1. The van der Waals surface area contributed by atoms with Crippen LogP contribution in [0.25, 0.3) is 0 Å². The van der Waals surface area contributed by atoms with Gasteiger partial charge in [-0.1, -0.05) is 12.2 Å². The van der Waals surface area contributed by atoms with Crippen LogP contribution < -0.4 is 0 Å². The molecule has 1 saturated heterocycles. The summed E-state index contributed by atoms with van der Waals surface area (Å²) in [6.45, 7) is 2.36. The maximum atomic E-state index is 11.9. The van der Waals surface area contributed by atoms with Crippen molar-refractivity contribution in [1.82, 2.24) is 14.5 Å². The summed E-state index contributed by atoms with van der Waals surface area (Å²) in [5.41, 5.74) is 0. The van der Waals surface area contributed by atoms with Gasteiger partial charge in [0.15, 0.2) is 0 Å². The highest BCUT2D eigenvalue weighted by molar-refractivity contribution is 7.80. The first-order valence-electron chi connectivity index (χ1n) is 5.64. The SMILES string of the molecule is O=C(CCCn1ccnc1)N1CCOCC1=S. The van der Waals surface area contributed by atoms with E-state index >= 15 is 0 Å². The van der Waals surface area contributed by atoms with E-state index < -0.39 is 0 Å². The topological polar surface area (TPSA) is 47.4 Å². The fourth-order valence-electron chi connectivity index (χ4n) is 1.75. The van der Waals surface area contributed by atoms with Gasteiger partial charge in [-0.3, -0.25) is 4.79 Å². The molecule has 1 aromatic heterocycles. The van der Waals surface area contributed by atoms with Crippen LogP contribution >= 0.6 is 12.2 Å². The second-order valence-corrected chi connectivity index (χ2v) is 4.37. The Balaban J connectivity index is 1.75. The minimum Gasteiger partial charge on any atom is -0.372 e. The van der Waals surface area contributed by atoms with Gasteiger partial charge in [0, 0.05) is 31.9 Å². The number of aromatic nitrogens is 2. The Labute approximate surface area is 105 Å². The lowest BCUT2D eigenvalue weighted by atomic mass is 10.2. The fraction of sp³-hybridized carbons (Fsp3) is 0.545. The summed E-state index contributed by atoms with van der Waals surface area (Å²) in [7, 11) is 0. The molecule has 0 N–H and O–H groups in total. The zero-order valence-corrected chi connectivity index (χ0v) is 10.4. The van der Waals surface area contributed by atoms with Crippen molar-refractivity contribution < 1.29 is 9.53 Å². The molecule has 17 heavy (non-hydrogen) atoms. The number of amides is 1. The molecule has 6 heteroatoms. The number of rotatable bonds is 4. The first-order chi connectivity index (χ1) is 8.27. The second kappa shape index (κ2) is 5.88. The van der Waals surface area contributed by atoms with Crippen LogP contribution in [0.1, 0.15) is 12.8 Å². The molecule has 0 aliphatic carbocycles. The highest BCUT2D eigenvalue weighted by Crippen LogP contribution is 2.06. The summed E-state index contributed by atoms with van der Waals surface area (Å²) in [6, 6.07) is 0. The largest absolute Gasteiger partial charge is 0.372 e. The number of thiocarbonyl (C=S) groups is 1. The molecule has 1 fully saturated rings. The van der Waals surface area contributed by atoms with Gasteiger partial charge >= 0.3 is 0 Å². The molecule has 2 rings (SSSR count). The Hall–Kier alpha value is -1.27. The van der Waals surface area contributed by atoms with Gasteiger partial charge in [0.05, 0.1) is 19.5 Å². The van der Waals surface area contributed by atoms with Gasteiger partial charge in [-0.05, 0) is 6.42 Å². The first-order valence-corrected chi connectivity index (χ1v) is 6.05. The lowest BCUT2D eigenvalue weighted by Gasteiger charge is -2.27. The summed E-state index contributed by atoms with van der Waals surface area (Å²) >= 11 is 5.10. The molecule has 1 amide bonds. The lowest BCUT2D eigenvalue weighted by Crippen LogP contribution is -2.44. The number of hydrogen-bond acceptors (Lipinski definition) is 4. The highest BCUT2D eigenvalue weighted by Gasteiger charge is 2.21. The first kappa shape index (κ1) is 12.2. The number of imidazole rings is 1. The van der Waals surface area contributed by atoms with Crippen molar-refractivity contribution >= 4 is 23.1 Å². The molecular weight excluding hydrogens is 238 g/mol. The van der Waals surface area contributed by atoms with Crippen LogP contribution in [0.15, 0.2) is 18.7 Å². The Morgan fingerprint density at radius 3 is 3.18 bits per heavy atom. The van der Waals surface area contributed by atoms with E-state index in [1.54, 1.807) is 17.4 Å². The predicted octanol–water partition coefficient (Wildman–Crippen LogP) is 0.850. The molecule has 92 valence electrons. The number of ether oxygens (including phenoxy) is 1. The molecule has 0 spiro atoms. The van der Waals surface area contributed by atoms with E-state index in [-0.39, 0.29) is 5.91 Å². The zero-order chi connectivity index (χ0) is 12.1. The van der Waals surface area contributed by atoms with Crippen LogP contribution in [-0.4, -0.2) is 45.1 Å². The molecule has 5 nitrogen and oxygen atoms in total. The minimum atomic E-state index is 0.0958. The van der Waals surface area contributed by atoms with Crippen molar-refractivity contribution in [2.45, 2.75) is 19.4 Å². The van der Waals surface area contributed by atoms with Crippen LogP contribution in [0.5, 0.6) is 0 Å². The molecule has 0 aromatic carbocycles. The number of aryl methyl sites for hydroxylation is 1. The van der Waals surface area contributed by atoms with Gasteiger partial charge in [0.2, 0.25) is 5.91 Å². The van der Waals surface area contributed by atoms with Gasteiger partial charge < -0.3 is 14.2 Å². The quantitative estimate of drug-likeness (QED) is 0.746. The Kier molecular flexibility index (Phi) is 4.22. The smallest absolute Gasteiger partial charge is 0.227 e. The van der Waals surface area contributed by atoms with Gasteiger partial charge in [-0.15, -0.1) is 0 Å². The average Bonchev–Trinajstić information content (AvgIpc) is 2.82. The number of carbonyl (C=O) groups excluding carboxylic acids is 1. The Bertz CT molecular complexity index is 391. The van der Waals surface area contributed by atoms with Gasteiger partial charge in [0.25, 0.3) is 0 Å². The van der Waals surface area contributed by atoms with Gasteiger partial charge in [0.1, 0.15) is 4.99 Å². The van der Waals surface area contributed by atoms with E-state index in [0.717, 1.165) is 13.0 Å². The standard InChI is InChI=1S/C11H15N3O2S/c15-10(14-6-7-16-8-11(14)17)2-1-4-13-5-3-12-9-13/h3,5,9H,1-2,4,6-8H2. The number of nitrogens with zero attached hydrogens (tertiary/aromatic N) is 3. The molecule has 1 aromatic rings. The summed E-state index contributed by atoms with van der Waals surface area (Å²) in [5, 5.41) is 0. The van der Waals surface area contributed by atoms with E-state index in [4.69, 9.17) is 17.0 Å². The van der Waals surface area contributed by atoms with E-state index in [2.05, 4.69) is 4.98 Å². The summed E-state index contributed by atoms with van der Waals surface area (Å²) in [6.07, 6.45) is 6.69. The van der Waals surface area contributed by atoms with Crippen molar-refractivity contribution in [3.8, 4) is 0 Å². The summed E-state index contributed by atoms with van der Waals surface area (Å²) < 4.78 is 7.14. The maximum Gasteiger partial charge on any atom is 0.227 e. The van der Waals surface area contributed by atoms with E-state index in [1.807, 2.05) is 10.8 Å². The van der Waals surface area contributed by atoms with E-state index in [9.17, 15) is 4.79 Å². The summed E-state index contributed by atoms with van der Waals surface area (Å²) in [4.78, 5) is 18.1. The van der Waals surface area contributed by atoms with Crippen molar-refractivity contribution in [3.05, 3.63) is 18.7 Å². The third-order valence-electron chi connectivity index (χ3n) is 2.65. The van der Waals surface area contributed by atoms with Crippen LogP contribution in [-0.2, 0) is 16.1 Å². The lowest BCUT2D eigenvalue weighted by molar-refractivity contribution is -0.129. The van der Waals surface area contributed by atoms with E-state index in [1.165, 1.54) is 0 Å². The Morgan fingerprint density at radius 1 is 1.59 bits per heavy atom. The normalized spacial score (nSPS) is 16.2. The van der Waals surface area contributed by atoms with Crippen molar-refractivity contribution in [3.63, 3.8) is 0 Å². The average molecular weight is 253 g/mol. The Morgan fingerprint density at radius 2 is 2.47 bits per heavy atom. The molecular formula is C11H15N3O2S. The molecule has 0 radical (unpaired) electrons. The molecule has 0 bridgehead atoms. The van der Waals surface area contributed by atoms with Crippen molar-refractivity contribution in [1.29, 1.82) is 0 Å². The van der Waals surface area contributed by atoms with Crippen LogP contribution in [0.2, 0.25) is 0 Å². The van der Waals surface area contributed by atoms with Gasteiger partial charge in [-0.2, -0.15) is 0 Å². The van der Waals surface area contributed by atoms with Crippen LogP contribution in [0, 0.1) is 0 Å². The van der Waals surface area contributed by atoms with Crippen LogP contribution in [0.3, 0.4) is 0 Å². The third-order valence-corrected chi connectivity index (χ3v) is 2.99. The molecule has 1 aliphatic heterocycles. The van der Waals surface area contributed by atoms with Crippen molar-refractivity contribution in [2.75, 3.05) is 19.8 Å². The summed E-state index contributed by atoms with van der Waals surface area (Å²) in [5.74, 6) is 0.0958. The minimum absolute atomic E-state index is 0.0958. The second-order valence-electron chi connectivity index (χ2n) is 3.90. The predicted molar refractivity (Wildman–Crippen MR) is 66.6 cm³/mol. The monoisotopic (exact) mass is 253 g/mol. The van der Waals surface area contributed by atoms with Crippen molar-refractivity contribution in [2.24, 2.45) is 0 Å². The van der Waals surface area contributed by atoms with E-state index in [0.29, 0.717) is 31.2 Å². The molecule has 1 aliphatic rings. The molecule has 0 atom stereocenters. The molecule has 0 unspecified atom stereocenters.